The van der Waals surface area contributed by atoms with Gasteiger partial charge in [-0.25, -0.2) is 8.42 Å². The molecule has 10 heteroatoms. The highest BCUT2D eigenvalue weighted by atomic mass is 32.2. The fraction of sp³-hybridized carbons (Fsp3) is 0.250. The molecule has 1 amide bonds. The van der Waals surface area contributed by atoms with Crippen LogP contribution in [-0.4, -0.2) is 44.8 Å². The Morgan fingerprint density at radius 1 is 1.17 bits per heavy atom. The van der Waals surface area contributed by atoms with Gasteiger partial charge in [-0.05, 0) is 37.3 Å². The number of hydrogen-bond donors (Lipinski definition) is 0. The number of ether oxygens (including phenoxy) is 2. The number of fused-ring (bicyclic) bond motifs is 1. The van der Waals surface area contributed by atoms with E-state index in [1.165, 1.54) is 23.8 Å². The highest BCUT2D eigenvalue weighted by Gasteiger charge is 2.16. The minimum atomic E-state index is -3.41. The van der Waals surface area contributed by atoms with Crippen molar-refractivity contribution in [2.24, 2.45) is 4.99 Å². The van der Waals surface area contributed by atoms with E-state index in [1.807, 2.05) is 6.92 Å². The van der Waals surface area contributed by atoms with Gasteiger partial charge in [0.25, 0.3) is 5.91 Å². The van der Waals surface area contributed by atoms with Crippen LogP contribution in [0.15, 0.2) is 52.4 Å². The first-order valence-electron chi connectivity index (χ1n) is 8.95. The number of esters is 1. The average molecular weight is 449 g/mol. The lowest BCUT2D eigenvalue weighted by atomic mass is 10.2. The second kappa shape index (κ2) is 8.80. The summed E-state index contributed by atoms with van der Waals surface area (Å²) in [5.74, 6) is -0.646. The molecular weight excluding hydrogens is 428 g/mol. The van der Waals surface area contributed by atoms with E-state index >= 15 is 0 Å². The van der Waals surface area contributed by atoms with Gasteiger partial charge in [-0.3, -0.25) is 9.59 Å². The van der Waals surface area contributed by atoms with Crippen LogP contribution in [0, 0.1) is 0 Å². The summed E-state index contributed by atoms with van der Waals surface area (Å²) in [7, 11) is -2.15. The number of para-hydroxylation sites is 1. The van der Waals surface area contributed by atoms with Crippen molar-refractivity contribution in [3.8, 4) is 5.75 Å². The zero-order valence-corrected chi connectivity index (χ0v) is 18.2. The molecule has 30 heavy (non-hydrogen) atoms. The first-order valence-corrected chi connectivity index (χ1v) is 11.7. The van der Waals surface area contributed by atoms with Crippen LogP contribution in [0.4, 0.5) is 0 Å². The van der Waals surface area contributed by atoms with Crippen LogP contribution in [-0.2, 0) is 25.9 Å². The normalized spacial score (nSPS) is 12.2. The van der Waals surface area contributed by atoms with Crippen LogP contribution in [0.1, 0.15) is 17.3 Å². The molecule has 0 unspecified atom stereocenters. The summed E-state index contributed by atoms with van der Waals surface area (Å²) in [6.45, 7) is 2.03. The van der Waals surface area contributed by atoms with Gasteiger partial charge in [0, 0.05) is 6.26 Å². The van der Waals surface area contributed by atoms with Crippen LogP contribution in [0.3, 0.4) is 0 Å². The summed E-state index contributed by atoms with van der Waals surface area (Å²) < 4.78 is 36.1. The van der Waals surface area contributed by atoms with Crippen LogP contribution >= 0.6 is 11.3 Å². The molecule has 0 aliphatic rings. The zero-order valence-electron chi connectivity index (χ0n) is 16.6. The Balaban J connectivity index is 2.19. The predicted molar refractivity (Wildman–Crippen MR) is 112 cm³/mol. The lowest BCUT2D eigenvalue weighted by Gasteiger charge is -2.07. The standard InChI is InChI=1S/C20H20N2O6S2/c1-4-28-16-8-6-5-7-14(16)19(24)21-20-22(12-18(23)27-2)15-10-9-13(30(3,25)26)11-17(15)29-20/h5-11H,4,12H2,1-3H3. The molecule has 158 valence electrons. The molecule has 1 aromatic heterocycles. The summed E-state index contributed by atoms with van der Waals surface area (Å²) in [6.07, 6.45) is 1.11. The molecule has 2 aromatic carbocycles. The van der Waals surface area contributed by atoms with Crippen molar-refractivity contribution in [2.45, 2.75) is 18.4 Å². The van der Waals surface area contributed by atoms with Crippen molar-refractivity contribution >= 4 is 43.3 Å². The minimum absolute atomic E-state index is 0.140. The molecule has 0 N–H and O–H groups in total. The van der Waals surface area contributed by atoms with E-state index in [-0.39, 0.29) is 16.2 Å². The number of hydrogen-bond acceptors (Lipinski definition) is 7. The van der Waals surface area contributed by atoms with E-state index in [2.05, 4.69) is 4.99 Å². The Morgan fingerprint density at radius 2 is 1.90 bits per heavy atom. The maximum atomic E-state index is 12.9. The van der Waals surface area contributed by atoms with E-state index < -0.39 is 21.7 Å². The van der Waals surface area contributed by atoms with Crippen LogP contribution in [0.2, 0.25) is 0 Å². The molecule has 8 nitrogen and oxygen atoms in total. The van der Waals surface area contributed by atoms with E-state index in [0.717, 1.165) is 17.6 Å². The number of benzene rings is 2. The highest BCUT2D eigenvalue weighted by molar-refractivity contribution is 7.90. The number of aromatic nitrogens is 1. The van der Waals surface area contributed by atoms with Gasteiger partial charge in [-0.1, -0.05) is 23.5 Å². The zero-order chi connectivity index (χ0) is 21.9. The van der Waals surface area contributed by atoms with Gasteiger partial charge in [0.2, 0.25) is 0 Å². The van der Waals surface area contributed by atoms with Crippen LogP contribution in [0.25, 0.3) is 10.2 Å². The van der Waals surface area contributed by atoms with Gasteiger partial charge in [-0.2, -0.15) is 4.99 Å². The number of methoxy groups -OCH3 is 1. The summed E-state index contributed by atoms with van der Waals surface area (Å²) in [5.41, 5.74) is 0.862. The summed E-state index contributed by atoms with van der Waals surface area (Å²) >= 11 is 1.11. The maximum Gasteiger partial charge on any atom is 0.325 e. The molecule has 3 rings (SSSR count). The average Bonchev–Trinajstić information content (AvgIpc) is 3.04. The lowest BCUT2D eigenvalue weighted by molar-refractivity contribution is -0.141. The molecule has 0 aliphatic heterocycles. The molecule has 1 heterocycles. The molecule has 3 aromatic rings. The Kier molecular flexibility index (Phi) is 6.37. The third-order valence-electron chi connectivity index (χ3n) is 4.21. The topological polar surface area (TPSA) is 104 Å². The fourth-order valence-corrected chi connectivity index (χ4v) is 4.58. The Labute approximate surface area is 177 Å². The molecule has 0 bridgehead atoms. The van der Waals surface area contributed by atoms with Crippen molar-refractivity contribution in [1.82, 2.24) is 4.57 Å². The van der Waals surface area contributed by atoms with Gasteiger partial charge in [0.15, 0.2) is 14.6 Å². The lowest BCUT2D eigenvalue weighted by Crippen LogP contribution is -2.22. The van der Waals surface area contributed by atoms with Crippen molar-refractivity contribution in [3.63, 3.8) is 0 Å². The quantitative estimate of drug-likeness (QED) is 0.537. The Hall–Kier alpha value is -2.98. The maximum absolute atomic E-state index is 12.9. The van der Waals surface area contributed by atoms with Crippen molar-refractivity contribution in [2.75, 3.05) is 20.0 Å². The number of nitrogens with zero attached hydrogens (tertiary/aromatic N) is 2. The SMILES string of the molecule is CCOc1ccccc1C(=O)N=c1sc2cc(S(C)(=O)=O)ccc2n1CC(=O)OC. The number of rotatable bonds is 6. The first-order chi connectivity index (χ1) is 14.2. The summed E-state index contributed by atoms with van der Waals surface area (Å²) in [4.78, 5) is 29.4. The molecule has 0 saturated heterocycles. The van der Waals surface area contributed by atoms with Crippen molar-refractivity contribution in [3.05, 3.63) is 52.8 Å². The molecule has 0 aliphatic carbocycles. The predicted octanol–water partition coefficient (Wildman–Crippen LogP) is 2.42. The molecular formula is C20H20N2O6S2. The first kappa shape index (κ1) is 21.7. The van der Waals surface area contributed by atoms with E-state index in [0.29, 0.717) is 28.1 Å². The smallest absolute Gasteiger partial charge is 0.325 e. The van der Waals surface area contributed by atoms with Crippen LogP contribution in [0.5, 0.6) is 5.75 Å². The number of amides is 1. The molecule has 0 spiro atoms. The van der Waals surface area contributed by atoms with Crippen molar-refractivity contribution < 1.29 is 27.5 Å². The molecule has 0 saturated carbocycles. The largest absolute Gasteiger partial charge is 0.493 e. The third kappa shape index (κ3) is 4.60. The second-order valence-electron chi connectivity index (χ2n) is 6.29. The molecule has 0 radical (unpaired) electrons. The summed E-state index contributed by atoms with van der Waals surface area (Å²) in [6, 6.07) is 11.3. The monoisotopic (exact) mass is 448 g/mol. The van der Waals surface area contributed by atoms with E-state index in [9.17, 15) is 18.0 Å². The van der Waals surface area contributed by atoms with Crippen LogP contribution < -0.4 is 9.54 Å². The highest BCUT2D eigenvalue weighted by Crippen LogP contribution is 2.23. The van der Waals surface area contributed by atoms with Gasteiger partial charge in [0.1, 0.15) is 12.3 Å². The van der Waals surface area contributed by atoms with Gasteiger partial charge < -0.3 is 14.0 Å². The molecule has 0 fully saturated rings. The minimum Gasteiger partial charge on any atom is -0.493 e. The third-order valence-corrected chi connectivity index (χ3v) is 6.36. The second-order valence-corrected chi connectivity index (χ2v) is 9.32. The van der Waals surface area contributed by atoms with Crippen molar-refractivity contribution in [1.29, 1.82) is 0 Å². The van der Waals surface area contributed by atoms with Gasteiger partial charge >= 0.3 is 5.97 Å². The number of carbonyl (C=O) groups excluding carboxylic acids is 2. The Morgan fingerprint density at radius 3 is 2.57 bits per heavy atom. The number of sulfone groups is 1. The van der Waals surface area contributed by atoms with Gasteiger partial charge in [0.05, 0.1) is 34.4 Å². The van der Waals surface area contributed by atoms with Gasteiger partial charge in [-0.15, -0.1) is 0 Å². The molecule has 0 atom stereocenters. The Bertz CT molecular complexity index is 1290. The summed E-state index contributed by atoms with van der Waals surface area (Å²) in [5, 5.41) is 0. The fourth-order valence-electron chi connectivity index (χ4n) is 2.79. The van der Waals surface area contributed by atoms with E-state index in [1.54, 1.807) is 30.3 Å². The number of thiazole rings is 1. The van der Waals surface area contributed by atoms with E-state index in [4.69, 9.17) is 9.47 Å². The number of carbonyl (C=O) groups is 2.